The molecule has 0 unspecified atom stereocenters. The molecular formula is C18H30N4O3. The van der Waals surface area contributed by atoms with Gasteiger partial charge in [-0.05, 0) is 31.2 Å². The first-order valence-electron chi connectivity index (χ1n) is 8.91. The lowest BCUT2D eigenvalue weighted by atomic mass is 10.3. The number of nitrogens with zero attached hydrogens (tertiary/aromatic N) is 2. The van der Waals surface area contributed by atoms with Gasteiger partial charge < -0.3 is 24.8 Å². The molecule has 0 atom stereocenters. The van der Waals surface area contributed by atoms with E-state index in [0.29, 0.717) is 13.2 Å². The minimum atomic E-state index is 0.570. The third-order valence-corrected chi connectivity index (χ3v) is 3.86. The maximum Gasteiger partial charge on any atom is 0.191 e. The second kappa shape index (κ2) is 11.5. The summed E-state index contributed by atoms with van der Waals surface area (Å²) in [6.45, 7) is 9.53. The molecule has 1 saturated heterocycles. The summed E-state index contributed by atoms with van der Waals surface area (Å²) in [6, 6.07) is 7.58. The van der Waals surface area contributed by atoms with Crippen molar-refractivity contribution in [3.8, 4) is 11.5 Å². The normalized spacial score (nSPS) is 15.7. The lowest BCUT2D eigenvalue weighted by Gasteiger charge is -2.25. The van der Waals surface area contributed by atoms with Gasteiger partial charge in [0.1, 0.15) is 18.1 Å². The van der Waals surface area contributed by atoms with Crippen molar-refractivity contribution >= 4 is 5.96 Å². The van der Waals surface area contributed by atoms with E-state index in [0.717, 1.165) is 63.4 Å². The van der Waals surface area contributed by atoms with Gasteiger partial charge in [-0.15, -0.1) is 0 Å². The van der Waals surface area contributed by atoms with E-state index in [4.69, 9.17) is 14.2 Å². The molecule has 140 valence electrons. The predicted molar refractivity (Wildman–Crippen MR) is 99.7 cm³/mol. The van der Waals surface area contributed by atoms with Crippen LogP contribution in [0.25, 0.3) is 0 Å². The molecule has 25 heavy (non-hydrogen) atoms. The van der Waals surface area contributed by atoms with Crippen LogP contribution in [-0.2, 0) is 4.74 Å². The molecule has 1 aromatic rings. The lowest BCUT2D eigenvalue weighted by molar-refractivity contribution is 0.0394. The summed E-state index contributed by atoms with van der Waals surface area (Å²) in [4.78, 5) is 6.99. The number of hydrogen-bond donors (Lipinski definition) is 2. The topological polar surface area (TPSA) is 67.4 Å². The number of morpholine rings is 1. The Morgan fingerprint density at radius 2 is 1.88 bits per heavy atom. The van der Waals surface area contributed by atoms with Gasteiger partial charge in [0, 0.05) is 26.2 Å². The first-order valence-corrected chi connectivity index (χ1v) is 8.91. The van der Waals surface area contributed by atoms with E-state index in [2.05, 4.69) is 27.4 Å². The molecule has 0 saturated carbocycles. The molecule has 1 aromatic carbocycles. The minimum Gasteiger partial charge on any atom is -0.497 e. The van der Waals surface area contributed by atoms with E-state index in [1.807, 2.05) is 24.3 Å². The minimum absolute atomic E-state index is 0.570. The SMILES string of the molecule is CCNC(=NCCN1CCOCC1)NCCOc1ccc(OC)cc1. The van der Waals surface area contributed by atoms with E-state index in [1.165, 1.54) is 0 Å². The smallest absolute Gasteiger partial charge is 0.191 e. The quantitative estimate of drug-likeness (QED) is 0.393. The number of ether oxygens (including phenoxy) is 3. The number of hydrogen-bond acceptors (Lipinski definition) is 5. The highest BCUT2D eigenvalue weighted by molar-refractivity contribution is 5.79. The molecule has 1 fully saturated rings. The molecular weight excluding hydrogens is 320 g/mol. The Kier molecular flexibility index (Phi) is 8.93. The molecule has 0 spiro atoms. The van der Waals surface area contributed by atoms with Crippen LogP contribution in [0.3, 0.4) is 0 Å². The van der Waals surface area contributed by atoms with Crippen molar-refractivity contribution in [2.75, 3.05) is 66.2 Å². The van der Waals surface area contributed by atoms with Gasteiger partial charge in [0.15, 0.2) is 5.96 Å². The second-order valence-corrected chi connectivity index (χ2v) is 5.67. The Morgan fingerprint density at radius 3 is 2.56 bits per heavy atom. The molecule has 0 aromatic heterocycles. The Hall–Kier alpha value is -1.99. The van der Waals surface area contributed by atoms with E-state index in [9.17, 15) is 0 Å². The Balaban J connectivity index is 1.66. The summed E-state index contributed by atoms with van der Waals surface area (Å²) in [5, 5.41) is 6.55. The largest absolute Gasteiger partial charge is 0.497 e. The summed E-state index contributed by atoms with van der Waals surface area (Å²) in [5.74, 6) is 2.48. The zero-order chi connectivity index (χ0) is 17.7. The van der Waals surface area contributed by atoms with Crippen molar-refractivity contribution in [2.24, 2.45) is 4.99 Å². The fourth-order valence-corrected chi connectivity index (χ4v) is 2.48. The van der Waals surface area contributed by atoms with Crippen LogP contribution in [0.15, 0.2) is 29.3 Å². The van der Waals surface area contributed by atoms with Crippen molar-refractivity contribution < 1.29 is 14.2 Å². The van der Waals surface area contributed by atoms with Gasteiger partial charge in [0.05, 0.1) is 33.4 Å². The van der Waals surface area contributed by atoms with Crippen LogP contribution in [0, 0.1) is 0 Å². The molecule has 1 aliphatic heterocycles. The number of benzene rings is 1. The molecule has 0 amide bonds. The molecule has 1 aliphatic rings. The van der Waals surface area contributed by atoms with Crippen molar-refractivity contribution in [1.82, 2.24) is 15.5 Å². The average Bonchev–Trinajstić information content (AvgIpc) is 2.66. The third kappa shape index (κ3) is 7.62. The lowest BCUT2D eigenvalue weighted by Crippen LogP contribution is -2.41. The standard InChI is InChI=1S/C18H30N4O3/c1-3-19-18(20-8-10-22-11-14-24-15-12-22)21-9-13-25-17-6-4-16(23-2)5-7-17/h4-7H,3,8-15H2,1-2H3,(H2,19,20,21). The van der Waals surface area contributed by atoms with Crippen molar-refractivity contribution in [3.05, 3.63) is 24.3 Å². The molecule has 1 heterocycles. The van der Waals surface area contributed by atoms with Crippen molar-refractivity contribution in [2.45, 2.75) is 6.92 Å². The fraction of sp³-hybridized carbons (Fsp3) is 0.611. The summed E-state index contributed by atoms with van der Waals surface area (Å²) in [5.41, 5.74) is 0. The van der Waals surface area contributed by atoms with E-state index < -0.39 is 0 Å². The maximum atomic E-state index is 5.71. The van der Waals surface area contributed by atoms with Crippen LogP contribution in [0.5, 0.6) is 11.5 Å². The highest BCUT2D eigenvalue weighted by atomic mass is 16.5. The van der Waals surface area contributed by atoms with E-state index in [-0.39, 0.29) is 0 Å². The number of nitrogens with one attached hydrogen (secondary N) is 2. The Morgan fingerprint density at radius 1 is 1.16 bits per heavy atom. The molecule has 0 bridgehead atoms. The van der Waals surface area contributed by atoms with Gasteiger partial charge >= 0.3 is 0 Å². The predicted octanol–water partition coefficient (Wildman–Crippen LogP) is 0.961. The average molecular weight is 350 g/mol. The van der Waals surface area contributed by atoms with Gasteiger partial charge in [-0.1, -0.05) is 0 Å². The van der Waals surface area contributed by atoms with Gasteiger partial charge in [0.25, 0.3) is 0 Å². The van der Waals surface area contributed by atoms with Gasteiger partial charge in [-0.3, -0.25) is 9.89 Å². The first kappa shape index (κ1) is 19.3. The van der Waals surface area contributed by atoms with Crippen LogP contribution < -0.4 is 20.1 Å². The monoisotopic (exact) mass is 350 g/mol. The third-order valence-electron chi connectivity index (χ3n) is 3.86. The summed E-state index contributed by atoms with van der Waals surface area (Å²) in [7, 11) is 1.65. The highest BCUT2D eigenvalue weighted by Gasteiger charge is 2.09. The van der Waals surface area contributed by atoms with Crippen LogP contribution >= 0.6 is 0 Å². The number of rotatable bonds is 9. The zero-order valence-electron chi connectivity index (χ0n) is 15.3. The fourth-order valence-electron chi connectivity index (χ4n) is 2.48. The molecule has 0 radical (unpaired) electrons. The van der Waals surface area contributed by atoms with Gasteiger partial charge in [0.2, 0.25) is 0 Å². The van der Waals surface area contributed by atoms with Crippen LogP contribution in [0.4, 0.5) is 0 Å². The number of methoxy groups -OCH3 is 1. The van der Waals surface area contributed by atoms with Crippen LogP contribution in [0.2, 0.25) is 0 Å². The number of guanidine groups is 1. The molecule has 2 N–H and O–H groups in total. The van der Waals surface area contributed by atoms with Gasteiger partial charge in [-0.2, -0.15) is 0 Å². The molecule has 7 nitrogen and oxygen atoms in total. The first-order chi connectivity index (χ1) is 12.3. The molecule has 0 aliphatic carbocycles. The number of aliphatic imine (C=N–C) groups is 1. The summed E-state index contributed by atoms with van der Waals surface area (Å²) >= 11 is 0. The highest BCUT2D eigenvalue weighted by Crippen LogP contribution is 2.16. The van der Waals surface area contributed by atoms with Crippen LogP contribution in [0.1, 0.15) is 6.92 Å². The van der Waals surface area contributed by atoms with Crippen molar-refractivity contribution in [3.63, 3.8) is 0 Å². The van der Waals surface area contributed by atoms with Crippen LogP contribution in [-0.4, -0.2) is 77.1 Å². The maximum absolute atomic E-state index is 5.71. The van der Waals surface area contributed by atoms with E-state index >= 15 is 0 Å². The van der Waals surface area contributed by atoms with Gasteiger partial charge in [-0.25, -0.2) is 0 Å². The second-order valence-electron chi connectivity index (χ2n) is 5.67. The zero-order valence-corrected chi connectivity index (χ0v) is 15.3. The van der Waals surface area contributed by atoms with E-state index in [1.54, 1.807) is 7.11 Å². The van der Waals surface area contributed by atoms with Crippen molar-refractivity contribution in [1.29, 1.82) is 0 Å². The summed E-state index contributed by atoms with van der Waals surface area (Å²) in [6.07, 6.45) is 0. The molecule has 2 rings (SSSR count). The Labute approximate surface area is 150 Å². The Bertz CT molecular complexity index is 502. The summed E-state index contributed by atoms with van der Waals surface area (Å²) < 4.78 is 16.2. The molecule has 7 heteroatoms.